The van der Waals surface area contributed by atoms with Crippen LogP contribution in [0.5, 0.6) is 0 Å². The van der Waals surface area contributed by atoms with Crippen LogP contribution in [0.15, 0.2) is 30.6 Å². The standard InChI is InChI=1S/C11H11N3O2/c12-10(4-11(15)16)8-3-1-2-7-5-13-14-6-9(7)8/h1-3,5-6,10H,4,12H2,(H,15,16). The van der Waals surface area contributed by atoms with E-state index in [1.807, 2.05) is 18.2 Å². The van der Waals surface area contributed by atoms with E-state index >= 15 is 0 Å². The number of carboxylic acids is 1. The average Bonchev–Trinajstić information content (AvgIpc) is 2.27. The van der Waals surface area contributed by atoms with E-state index in [1.54, 1.807) is 12.4 Å². The minimum Gasteiger partial charge on any atom is -0.481 e. The Kier molecular flexibility index (Phi) is 2.78. The van der Waals surface area contributed by atoms with Crippen molar-refractivity contribution in [2.75, 3.05) is 0 Å². The number of hydrogen-bond donors (Lipinski definition) is 2. The third-order valence-electron chi connectivity index (χ3n) is 2.42. The molecule has 16 heavy (non-hydrogen) atoms. The summed E-state index contributed by atoms with van der Waals surface area (Å²) in [5.74, 6) is -0.911. The number of aliphatic carboxylic acids is 1. The molecule has 1 atom stereocenters. The summed E-state index contributed by atoms with van der Waals surface area (Å²) in [5, 5.41) is 18.0. The molecule has 5 nitrogen and oxygen atoms in total. The van der Waals surface area contributed by atoms with E-state index in [2.05, 4.69) is 10.2 Å². The van der Waals surface area contributed by atoms with Gasteiger partial charge in [-0.1, -0.05) is 18.2 Å². The molecule has 0 aliphatic heterocycles. The number of hydrogen-bond acceptors (Lipinski definition) is 4. The van der Waals surface area contributed by atoms with Crippen molar-refractivity contribution in [1.82, 2.24) is 10.2 Å². The number of nitrogens with zero attached hydrogens (tertiary/aromatic N) is 2. The van der Waals surface area contributed by atoms with E-state index in [-0.39, 0.29) is 6.42 Å². The first-order chi connectivity index (χ1) is 7.68. The van der Waals surface area contributed by atoms with Crippen molar-refractivity contribution in [2.45, 2.75) is 12.5 Å². The number of fused-ring (bicyclic) bond motifs is 1. The molecule has 0 aliphatic rings. The van der Waals surface area contributed by atoms with Crippen LogP contribution in [0, 0.1) is 0 Å². The van der Waals surface area contributed by atoms with Gasteiger partial charge in [0.2, 0.25) is 0 Å². The molecule has 2 rings (SSSR count). The summed E-state index contributed by atoms with van der Waals surface area (Å²) >= 11 is 0. The highest BCUT2D eigenvalue weighted by Crippen LogP contribution is 2.23. The highest BCUT2D eigenvalue weighted by Gasteiger charge is 2.13. The van der Waals surface area contributed by atoms with Crippen molar-refractivity contribution in [3.63, 3.8) is 0 Å². The van der Waals surface area contributed by atoms with E-state index in [4.69, 9.17) is 10.8 Å². The van der Waals surface area contributed by atoms with Crippen molar-refractivity contribution in [3.8, 4) is 0 Å². The zero-order valence-electron chi connectivity index (χ0n) is 8.50. The minimum atomic E-state index is -0.911. The fraction of sp³-hybridized carbons (Fsp3) is 0.182. The molecule has 0 radical (unpaired) electrons. The minimum absolute atomic E-state index is 0.0958. The van der Waals surface area contributed by atoms with Gasteiger partial charge in [-0.15, -0.1) is 0 Å². The van der Waals surface area contributed by atoms with Gasteiger partial charge < -0.3 is 10.8 Å². The monoisotopic (exact) mass is 217 g/mol. The van der Waals surface area contributed by atoms with Crippen molar-refractivity contribution in [2.24, 2.45) is 5.73 Å². The number of aromatic nitrogens is 2. The number of benzene rings is 1. The highest BCUT2D eigenvalue weighted by atomic mass is 16.4. The molecule has 2 aromatic rings. The summed E-state index contributed by atoms with van der Waals surface area (Å²) in [5.41, 5.74) is 6.62. The highest BCUT2D eigenvalue weighted by molar-refractivity contribution is 5.85. The topological polar surface area (TPSA) is 89.1 Å². The van der Waals surface area contributed by atoms with Gasteiger partial charge in [0.1, 0.15) is 0 Å². The van der Waals surface area contributed by atoms with Gasteiger partial charge in [0.15, 0.2) is 0 Å². The number of rotatable bonds is 3. The predicted octanol–water partition coefficient (Wildman–Crippen LogP) is 1.10. The molecule has 1 unspecified atom stereocenters. The van der Waals surface area contributed by atoms with Crippen LogP contribution in [0.4, 0.5) is 0 Å². The predicted molar refractivity (Wildman–Crippen MR) is 58.7 cm³/mol. The molecular weight excluding hydrogens is 206 g/mol. The van der Waals surface area contributed by atoms with Gasteiger partial charge in [0.05, 0.1) is 18.8 Å². The molecule has 82 valence electrons. The van der Waals surface area contributed by atoms with Crippen molar-refractivity contribution >= 4 is 16.7 Å². The smallest absolute Gasteiger partial charge is 0.305 e. The normalized spacial score (nSPS) is 12.6. The van der Waals surface area contributed by atoms with Gasteiger partial charge in [0, 0.05) is 16.8 Å². The van der Waals surface area contributed by atoms with Gasteiger partial charge >= 0.3 is 5.97 Å². The Labute approximate surface area is 91.9 Å². The second kappa shape index (κ2) is 4.24. The summed E-state index contributed by atoms with van der Waals surface area (Å²) in [6.07, 6.45) is 3.14. The molecule has 0 spiro atoms. The maximum atomic E-state index is 10.6. The third-order valence-corrected chi connectivity index (χ3v) is 2.42. The largest absolute Gasteiger partial charge is 0.481 e. The van der Waals surface area contributed by atoms with E-state index in [0.717, 1.165) is 16.3 Å². The maximum absolute atomic E-state index is 10.6. The Morgan fingerprint density at radius 2 is 2.12 bits per heavy atom. The van der Waals surface area contributed by atoms with Crippen LogP contribution in [0.2, 0.25) is 0 Å². The summed E-state index contributed by atoms with van der Waals surface area (Å²) in [6.45, 7) is 0. The third kappa shape index (κ3) is 1.99. The van der Waals surface area contributed by atoms with Gasteiger partial charge in [-0.3, -0.25) is 4.79 Å². The maximum Gasteiger partial charge on any atom is 0.305 e. The van der Waals surface area contributed by atoms with E-state index < -0.39 is 12.0 Å². The number of carbonyl (C=O) groups is 1. The number of nitrogens with two attached hydrogens (primary N) is 1. The van der Waals surface area contributed by atoms with Crippen LogP contribution in [0.25, 0.3) is 10.8 Å². The summed E-state index contributed by atoms with van der Waals surface area (Å²) in [4.78, 5) is 10.6. The Hall–Kier alpha value is -2.01. The zero-order valence-corrected chi connectivity index (χ0v) is 8.50. The summed E-state index contributed by atoms with van der Waals surface area (Å²) in [6, 6.07) is 5.02. The van der Waals surface area contributed by atoms with Crippen LogP contribution in [0.3, 0.4) is 0 Å². The fourth-order valence-electron chi connectivity index (χ4n) is 1.67. The first-order valence-electron chi connectivity index (χ1n) is 4.85. The first-order valence-corrected chi connectivity index (χ1v) is 4.85. The van der Waals surface area contributed by atoms with Crippen LogP contribution in [-0.2, 0) is 4.79 Å². The van der Waals surface area contributed by atoms with Crippen molar-refractivity contribution in [1.29, 1.82) is 0 Å². The lowest BCUT2D eigenvalue weighted by atomic mass is 9.99. The first kappa shape index (κ1) is 10.5. The Morgan fingerprint density at radius 1 is 1.38 bits per heavy atom. The molecule has 0 fully saturated rings. The Morgan fingerprint density at radius 3 is 2.88 bits per heavy atom. The van der Waals surface area contributed by atoms with E-state index in [0.29, 0.717) is 0 Å². The number of carboxylic acid groups (broad SMARTS) is 1. The molecule has 0 saturated carbocycles. The SMILES string of the molecule is NC(CC(=O)O)c1cccc2cnncc12. The lowest BCUT2D eigenvalue weighted by Gasteiger charge is -2.11. The summed E-state index contributed by atoms with van der Waals surface area (Å²) < 4.78 is 0. The van der Waals surface area contributed by atoms with Crippen molar-refractivity contribution in [3.05, 3.63) is 36.2 Å². The molecular formula is C11H11N3O2. The quantitative estimate of drug-likeness (QED) is 0.803. The van der Waals surface area contributed by atoms with Crippen LogP contribution in [-0.4, -0.2) is 21.3 Å². The molecule has 0 bridgehead atoms. The van der Waals surface area contributed by atoms with Crippen molar-refractivity contribution < 1.29 is 9.90 Å². The van der Waals surface area contributed by atoms with Crippen LogP contribution in [0.1, 0.15) is 18.0 Å². The molecule has 0 amide bonds. The second-order valence-corrected chi connectivity index (χ2v) is 3.54. The Balaban J connectivity index is 2.47. The molecule has 1 aromatic heterocycles. The Bertz CT molecular complexity index is 522. The van der Waals surface area contributed by atoms with Gasteiger partial charge in [-0.25, -0.2) is 0 Å². The van der Waals surface area contributed by atoms with Gasteiger partial charge in [-0.2, -0.15) is 10.2 Å². The average molecular weight is 217 g/mol. The molecule has 0 aliphatic carbocycles. The zero-order chi connectivity index (χ0) is 11.5. The lowest BCUT2D eigenvalue weighted by molar-refractivity contribution is -0.137. The van der Waals surface area contributed by atoms with E-state index in [9.17, 15) is 4.79 Å². The second-order valence-electron chi connectivity index (χ2n) is 3.54. The summed E-state index contributed by atoms with van der Waals surface area (Å²) in [7, 11) is 0. The van der Waals surface area contributed by atoms with Gasteiger partial charge in [0.25, 0.3) is 0 Å². The fourth-order valence-corrected chi connectivity index (χ4v) is 1.67. The molecule has 5 heteroatoms. The molecule has 1 heterocycles. The lowest BCUT2D eigenvalue weighted by Crippen LogP contribution is -2.15. The van der Waals surface area contributed by atoms with Gasteiger partial charge in [-0.05, 0) is 5.56 Å². The molecule has 3 N–H and O–H groups in total. The molecule has 0 saturated heterocycles. The van der Waals surface area contributed by atoms with Crippen LogP contribution < -0.4 is 5.73 Å². The van der Waals surface area contributed by atoms with E-state index in [1.165, 1.54) is 0 Å². The van der Waals surface area contributed by atoms with Crippen LogP contribution >= 0.6 is 0 Å². The molecule has 1 aromatic carbocycles.